The first-order valence-electron chi connectivity index (χ1n) is 6.07. The summed E-state index contributed by atoms with van der Waals surface area (Å²) in [4.78, 5) is 11.2. The molecule has 0 unspecified atom stereocenters. The highest BCUT2D eigenvalue weighted by Crippen LogP contribution is 2.05. The summed E-state index contributed by atoms with van der Waals surface area (Å²) in [5, 5.41) is 2.60. The lowest BCUT2D eigenvalue weighted by Gasteiger charge is -2.19. The number of alkyl carbamates (subject to hydrolysis) is 1. The second kappa shape index (κ2) is 10.1. The molecular formula is C12H25NO5. The average molecular weight is 263 g/mol. The summed E-state index contributed by atoms with van der Waals surface area (Å²) in [6.45, 7) is 8.49. The van der Waals surface area contributed by atoms with E-state index in [0.29, 0.717) is 39.6 Å². The summed E-state index contributed by atoms with van der Waals surface area (Å²) in [6.07, 6.45) is -0.428. The Bertz CT molecular complexity index is 215. The van der Waals surface area contributed by atoms with Gasteiger partial charge in [-0.25, -0.2) is 4.79 Å². The molecule has 1 N–H and O–H groups in total. The molecule has 0 rings (SSSR count). The first-order valence-corrected chi connectivity index (χ1v) is 6.07. The van der Waals surface area contributed by atoms with Crippen LogP contribution in [0.2, 0.25) is 0 Å². The van der Waals surface area contributed by atoms with Gasteiger partial charge in [0.1, 0.15) is 5.60 Å². The molecule has 6 heteroatoms. The van der Waals surface area contributed by atoms with Gasteiger partial charge in [-0.05, 0) is 20.8 Å². The zero-order chi connectivity index (χ0) is 13.9. The first-order chi connectivity index (χ1) is 8.45. The monoisotopic (exact) mass is 263 g/mol. The lowest BCUT2D eigenvalue weighted by molar-refractivity contribution is 0.0234. The van der Waals surface area contributed by atoms with E-state index in [9.17, 15) is 4.79 Å². The molecule has 0 spiro atoms. The summed E-state index contributed by atoms with van der Waals surface area (Å²) in [5.41, 5.74) is -0.472. The van der Waals surface area contributed by atoms with Crippen LogP contribution < -0.4 is 5.32 Å². The van der Waals surface area contributed by atoms with E-state index >= 15 is 0 Å². The summed E-state index contributed by atoms with van der Waals surface area (Å²) in [6, 6.07) is 0. The maximum Gasteiger partial charge on any atom is 0.407 e. The molecule has 0 aromatic carbocycles. The van der Waals surface area contributed by atoms with Crippen LogP contribution in [0.5, 0.6) is 0 Å². The van der Waals surface area contributed by atoms with Gasteiger partial charge >= 0.3 is 6.09 Å². The zero-order valence-corrected chi connectivity index (χ0v) is 11.8. The average Bonchev–Trinajstić information content (AvgIpc) is 2.24. The Hall–Kier alpha value is -0.850. The molecule has 0 aliphatic rings. The third-order valence-electron chi connectivity index (χ3n) is 1.72. The molecule has 0 heterocycles. The highest BCUT2D eigenvalue weighted by molar-refractivity contribution is 5.67. The van der Waals surface area contributed by atoms with Gasteiger partial charge < -0.3 is 24.3 Å². The number of carbonyl (C=O) groups is 1. The number of rotatable bonds is 9. The van der Waals surface area contributed by atoms with Crippen LogP contribution in [0.15, 0.2) is 0 Å². The Morgan fingerprint density at radius 1 is 1.00 bits per heavy atom. The van der Waals surface area contributed by atoms with Crippen molar-refractivity contribution >= 4 is 6.09 Å². The zero-order valence-electron chi connectivity index (χ0n) is 11.8. The van der Waals surface area contributed by atoms with Crippen molar-refractivity contribution in [2.45, 2.75) is 26.4 Å². The smallest absolute Gasteiger partial charge is 0.407 e. The van der Waals surface area contributed by atoms with Crippen LogP contribution >= 0.6 is 0 Å². The van der Waals surface area contributed by atoms with E-state index < -0.39 is 11.7 Å². The van der Waals surface area contributed by atoms with Crippen molar-refractivity contribution in [2.24, 2.45) is 0 Å². The van der Waals surface area contributed by atoms with Gasteiger partial charge in [-0.15, -0.1) is 0 Å². The van der Waals surface area contributed by atoms with Crippen LogP contribution in [0.1, 0.15) is 20.8 Å². The van der Waals surface area contributed by atoms with Crippen molar-refractivity contribution in [2.75, 3.05) is 46.7 Å². The van der Waals surface area contributed by atoms with Crippen molar-refractivity contribution in [1.82, 2.24) is 5.32 Å². The minimum Gasteiger partial charge on any atom is -0.444 e. The molecule has 0 fully saturated rings. The van der Waals surface area contributed by atoms with Crippen molar-refractivity contribution in [3.05, 3.63) is 0 Å². The molecule has 0 saturated heterocycles. The summed E-state index contributed by atoms with van der Waals surface area (Å²) in [5.74, 6) is 0. The van der Waals surface area contributed by atoms with E-state index in [0.717, 1.165) is 0 Å². The number of methoxy groups -OCH3 is 1. The number of amides is 1. The molecule has 18 heavy (non-hydrogen) atoms. The lowest BCUT2D eigenvalue weighted by atomic mass is 10.2. The summed E-state index contributed by atoms with van der Waals surface area (Å²) in [7, 11) is 1.63. The SMILES string of the molecule is COCCOCCOCCNC(=O)OC(C)(C)C. The fraction of sp³-hybridized carbons (Fsp3) is 0.917. The van der Waals surface area contributed by atoms with Crippen LogP contribution in [-0.4, -0.2) is 58.4 Å². The van der Waals surface area contributed by atoms with Crippen molar-refractivity contribution < 1.29 is 23.7 Å². The fourth-order valence-electron chi connectivity index (χ4n) is 1.00. The molecule has 108 valence electrons. The van der Waals surface area contributed by atoms with Crippen LogP contribution in [0.25, 0.3) is 0 Å². The third-order valence-corrected chi connectivity index (χ3v) is 1.72. The van der Waals surface area contributed by atoms with E-state index in [1.54, 1.807) is 7.11 Å². The highest BCUT2D eigenvalue weighted by Gasteiger charge is 2.15. The van der Waals surface area contributed by atoms with Gasteiger partial charge in [0.25, 0.3) is 0 Å². The summed E-state index contributed by atoms with van der Waals surface area (Å²) >= 11 is 0. The van der Waals surface area contributed by atoms with Crippen molar-refractivity contribution in [3.8, 4) is 0 Å². The quantitative estimate of drug-likeness (QED) is 0.633. The maximum absolute atomic E-state index is 11.2. The van der Waals surface area contributed by atoms with Crippen LogP contribution in [0, 0.1) is 0 Å². The second-order valence-electron chi connectivity index (χ2n) is 4.65. The van der Waals surface area contributed by atoms with Crippen LogP contribution in [0.3, 0.4) is 0 Å². The van der Waals surface area contributed by atoms with Gasteiger partial charge in [-0.3, -0.25) is 0 Å². The molecule has 0 atom stereocenters. The number of hydrogen-bond acceptors (Lipinski definition) is 5. The lowest BCUT2D eigenvalue weighted by Crippen LogP contribution is -2.34. The largest absolute Gasteiger partial charge is 0.444 e. The standard InChI is InChI=1S/C12H25NO5/c1-12(2,3)18-11(14)13-5-6-16-9-10-17-8-7-15-4/h5-10H2,1-4H3,(H,13,14). The highest BCUT2D eigenvalue weighted by atomic mass is 16.6. The predicted molar refractivity (Wildman–Crippen MR) is 67.8 cm³/mol. The van der Waals surface area contributed by atoms with Crippen molar-refractivity contribution in [1.29, 1.82) is 0 Å². The van der Waals surface area contributed by atoms with E-state index in [-0.39, 0.29) is 0 Å². The van der Waals surface area contributed by atoms with Gasteiger partial charge in [-0.1, -0.05) is 0 Å². The fourth-order valence-corrected chi connectivity index (χ4v) is 1.00. The van der Waals surface area contributed by atoms with E-state index in [2.05, 4.69) is 5.32 Å². The Balaban J connectivity index is 3.23. The number of hydrogen-bond donors (Lipinski definition) is 1. The minimum absolute atomic E-state index is 0.424. The van der Waals surface area contributed by atoms with Crippen molar-refractivity contribution in [3.63, 3.8) is 0 Å². The molecule has 1 amide bonds. The van der Waals surface area contributed by atoms with Gasteiger partial charge in [0.05, 0.1) is 33.0 Å². The number of ether oxygens (including phenoxy) is 4. The van der Waals surface area contributed by atoms with E-state index in [4.69, 9.17) is 18.9 Å². The molecule has 0 aliphatic carbocycles. The molecule has 0 bridgehead atoms. The number of nitrogens with one attached hydrogen (secondary N) is 1. The maximum atomic E-state index is 11.2. The molecule has 6 nitrogen and oxygen atoms in total. The normalized spacial score (nSPS) is 11.3. The molecular weight excluding hydrogens is 238 g/mol. The van der Waals surface area contributed by atoms with E-state index in [1.807, 2.05) is 20.8 Å². The second-order valence-corrected chi connectivity index (χ2v) is 4.65. The van der Waals surface area contributed by atoms with Gasteiger partial charge in [0, 0.05) is 13.7 Å². The molecule has 0 saturated carbocycles. The third kappa shape index (κ3) is 13.2. The van der Waals surface area contributed by atoms with E-state index in [1.165, 1.54) is 0 Å². The molecule has 0 aromatic rings. The van der Waals surface area contributed by atoms with Crippen LogP contribution in [-0.2, 0) is 18.9 Å². The topological polar surface area (TPSA) is 66.0 Å². The Morgan fingerprint density at radius 3 is 2.11 bits per heavy atom. The summed E-state index contributed by atoms with van der Waals surface area (Å²) < 4.78 is 20.4. The van der Waals surface area contributed by atoms with Gasteiger partial charge in [-0.2, -0.15) is 0 Å². The Kier molecular flexibility index (Phi) is 9.63. The molecule has 0 aromatic heterocycles. The molecule has 0 aliphatic heterocycles. The number of carbonyl (C=O) groups excluding carboxylic acids is 1. The minimum atomic E-state index is -0.472. The Labute approximate surface area is 109 Å². The predicted octanol–water partition coefficient (Wildman–Crippen LogP) is 1.19. The van der Waals surface area contributed by atoms with Gasteiger partial charge in [0.2, 0.25) is 0 Å². The van der Waals surface area contributed by atoms with Crippen LogP contribution in [0.4, 0.5) is 4.79 Å². The first kappa shape index (κ1) is 17.2. The molecule has 0 radical (unpaired) electrons. The van der Waals surface area contributed by atoms with Gasteiger partial charge in [0.15, 0.2) is 0 Å². The Morgan fingerprint density at radius 2 is 1.56 bits per heavy atom.